The molecule has 3 atom stereocenters. The topological polar surface area (TPSA) is 104 Å². The van der Waals surface area contributed by atoms with E-state index in [1.807, 2.05) is 0 Å². The number of sulfone groups is 1. The summed E-state index contributed by atoms with van der Waals surface area (Å²) in [7, 11) is -3.37. The number of carbonyl (C=O) groups is 1. The first-order chi connectivity index (χ1) is 10.2. The Labute approximate surface area is 136 Å². The first-order valence-corrected chi connectivity index (χ1v) is 9.30. The summed E-state index contributed by atoms with van der Waals surface area (Å²) in [5.41, 5.74) is 0.253. The molecule has 1 amide bonds. The average molecular weight is 398 g/mol. The van der Waals surface area contributed by atoms with Crippen molar-refractivity contribution >= 4 is 31.7 Å². The second-order valence-corrected chi connectivity index (χ2v) is 7.39. The standard InChI is InChI=1S/C13H17BrFNO5S/c1-22(20,21)9-4-2-8(3-5-9)12(18)10(7-15)16-13(19)11(17)6-14/h2-5,10-12,17-18H,6-7H2,1H3,(H,16,19)/t10-,11?,12-/m1/s1. The zero-order chi connectivity index (χ0) is 16.9. The third-order valence-corrected chi connectivity index (χ3v) is 4.72. The first kappa shape index (κ1) is 19.0. The Bertz CT molecular complexity index is 607. The van der Waals surface area contributed by atoms with Crippen molar-refractivity contribution in [3.63, 3.8) is 0 Å². The molecule has 1 rings (SSSR count). The number of alkyl halides is 2. The molecule has 0 aromatic heterocycles. The lowest BCUT2D eigenvalue weighted by atomic mass is 10.0. The Hall–Kier alpha value is -1.03. The fourth-order valence-electron chi connectivity index (χ4n) is 1.70. The summed E-state index contributed by atoms with van der Waals surface area (Å²) < 4.78 is 35.7. The Morgan fingerprint density at radius 1 is 1.32 bits per heavy atom. The minimum Gasteiger partial charge on any atom is -0.386 e. The van der Waals surface area contributed by atoms with Gasteiger partial charge in [0.1, 0.15) is 18.9 Å². The van der Waals surface area contributed by atoms with Crippen LogP contribution in [-0.2, 0) is 14.6 Å². The van der Waals surface area contributed by atoms with Crippen molar-refractivity contribution < 1.29 is 27.8 Å². The number of aliphatic hydroxyl groups is 2. The Morgan fingerprint density at radius 3 is 2.27 bits per heavy atom. The van der Waals surface area contributed by atoms with E-state index in [1.54, 1.807) is 0 Å². The van der Waals surface area contributed by atoms with E-state index in [0.29, 0.717) is 0 Å². The lowest BCUT2D eigenvalue weighted by molar-refractivity contribution is -0.130. The molecule has 0 radical (unpaired) electrons. The minimum atomic E-state index is -3.37. The summed E-state index contributed by atoms with van der Waals surface area (Å²) in [4.78, 5) is 11.6. The number of nitrogens with one attached hydrogen (secondary N) is 1. The molecule has 3 N–H and O–H groups in total. The van der Waals surface area contributed by atoms with Crippen molar-refractivity contribution in [3.05, 3.63) is 29.8 Å². The van der Waals surface area contributed by atoms with Crippen LogP contribution in [0.2, 0.25) is 0 Å². The van der Waals surface area contributed by atoms with Gasteiger partial charge in [0.25, 0.3) is 0 Å². The highest BCUT2D eigenvalue weighted by Gasteiger charge is 2.25. The van der Waals surface area contributed by atoms with E-state index >= 15 is 0 Å². The predicted octanol–water partition coefficient (Wildman–Crippen LogP) is 0.334. The molecule has 0 saturated heterocycles. The number of benzene rings is 1. The van der Waals surface area contributed by atoms with Gasteiger partial charge >= 0.3 is 0 Å². The maximum atomic E-state index is 13.0. The molecule has 0 saturated carbocycles. The number of hydrogen-bond acceptors (Lipinski definition) is 5. The smallest absolute Gasteiger partial charge is 0.250 e. The van der Waals surface area contributed by atoms with Crippen LogP contribution in [0.25, 0.3) is 0 Å². The van der Waals surface area contributed by atoms with Gasteiger partial charge in [0.05, 0.1) is 10.9 Å². The van der Waals surface area contributed by atoms with Crippen LogP contribution in [0.1, 0.15) is 11.7 Å². The van der Waals surface area contributed by atoms with Crippen LogP contribution in [0.4, 0.5) is 4.39 Å². The van der Waals surface area contributed by atoms with E-state index < -0.39 is 40.7 Å². The van der Waals surface area contributed by atoms with Gasteiger partial charge in [0.2, 0.25) is 5.91 Å². The normalized spacial score (nSPS) is 15.9. The molecule has 0 fully saturated rings. The highest BCUT2D eigenvalue weighted by Crippen LogP contribution is 2.20. The highest BCUT2D eigenvalue weighted by atomic mass is 79.9. The summed E-state index contributed by atoms with van der Waals surface area (Å²) >= 11 is 2.91. The molecule has 0 aliphatic rings. The molecular weight excluding hydrogens is 381 g/mol. The van der Waals surface area contributed by atoms with Gasteiger partial charge in [0.15, 0.2) is 9.84 Å². The van der Waals surface area contributed by atoms with E-state index in [0.717, 1.165) is 6.26 Å². The van der Waals surface area contributed by atoms with Gasteiger partial charge in [-0.05, 0) is 17.7 Å². The molecule has 1 unspecified atom stereocenters. The Morgan fingerprint density at radius 2 is 1.86 bits per heavy atom. The van der Waals surface area contributed by atoms with Gasteiger partial charge in [-0.3, -0.25) is 4.79 Å². The summed E-state index contributed by atoms with van der Waals surface area (Å²) in [5, 5.41) is 21.6. The zero-order valence-electron chi connectivity index (χ0n) is 11.7. The van der Waals surface area contributed by atoms with Crippen LogP contribution >= 0.6 is 15.9 Å². The van der Waals surface area contributed by atoms with Crippen LogP contribution in [0, 0.1) is 0 Å². The fraction of sp³-hybridized carbons (Fsp3) is 0.462. The molecule has 1 aromatic rings. The van der Waals surface area contributed by atoms with Crippen molar-refractivity contribution in [3.8, 4) is 0 Å². The minimum absolute atomic E-state index is 0.0169. The van der Waals surface area contributed by atoms with Crippen molar-refractivity contribution in [2.75, 3.05) is 18.3 Å². The maximum absolute atomic E-state index is 13.0. The molecular formula is C13H17BrFNO5S. The number of rotatable bonds is 7. The molecule has 0 aliphatic carbocycles. The number of hydrogen-bond donors (Lipinski definition) is 3. The molecule has 0 spiro atoms. The monoisotopic (exact) mass is 397 g/mol. The number of aliphatic hydroxyl groups excluding tert-OH is 2. The van der Waals surface area contributed by atoms with E-state index in [4.69, 9.17) is 0 Å². The molecule has 124 valence electrons. The second kappa shape index (κ2) is 8.00. The van der Waals surface area contributed by atoms with E-state index in [9.17, 15) is 27.8 Å². The van der Waals surface area contributed by atoms with Crippen LogP contribution in [0.15, 0.2) is 29.2 Å². The number of halogens is 2. The molecule has 0 heterocycles. The van der Waals surface area contributed by atoms with Crippen molar-refractivity contribution in [1.82, 2.24) is 5.32 Å². The molecule has 0 aliphatic heterocycles. The van der Waals surface area contributed by atoms with Crippen molar-refractivity contribution in [2.24, 2.45) is 0 Å². The van der Waals surface area contributed by atoms with Gasteiger partial charge in [0, 0.05) is 11.6 Å². The largest absolute Gasteiger partial charge is 0.386 e. The number of carbonyl (C=O) groups excluding carboxylic acids is 1. The molecule has 6 nitrogen and oxygen atoms in total. The SMILES string of the molecule is CS(=O)(=O)c1ccc([C@@H](O)[C@@H](CF)NC(=O)C(O)CBr)cc1. The van der Waals surface area contributed by atoms with Gasteiger partial charge in [-0.25, -0.2) is 12.8 Å². The quantitative estimate of drug-likeness (QED) is 0.575. The third-order valence-electron chi connectivity index (χ3n) is 2.97. The summed E-state index contributed by atoms with van der Waals surface area (Å²) in [6, 6.07) is 4.02. The van der Waals surface area contributed by atoms with Gasteiger partial charge in [-0.1, -0.05) is 28.1 Å². The fourth-order valence-corrected chi connectivity index (χ4v) is 2.62. The van der Waals surface area contributed by atoms with E-state index in [2.05, 4.69) is 21.2 Å². The van der Waals surface area contributed by atoms with Crippen LogP contribution < -0.4 is 5.32 Å². The predicted molar refractivity (Wildman–Crippen MR) is 82.2 cm³/mol. The van der Waals surface area contributed by atoms with Gasteiger partial charge in [-0.2, -0.15) is 0 Å². The molecule has 22 heavy (non-hydrogen) atoms. The van der Waals surface area contributed by atoms with Crippen LogP contribution in [-0.4, -0.2) is 54.9 Å². The van der Waals surface area contributed by atoms with Gasteiger partial charge < -0.3 is 15.5 Å². The highest BCUT2D eigenvalue weighted by molar-refractivity contribution is 9.09. The maximum Gasteiger partial charge on any atom is 0.250 e. The van der Waals surface area contributed by atoms with Crippen LogP contribution in [0.3, 0.4) is 0 Å². The summed E-state index contributed by atoms with van der Waals surface area (Å²) in [6.07, 6.45) is -1.68. The summed E-state index contributed by atoms with van der Waals surface area (Å²) in [5.74, 6) is -0.814. The lowest BCUT2D eigenvalue weighted by Crippen LogP contribution is -2.46. The summed E-state index contributed by atoms with van der Waals surface area (Å²) in [6.45, 7) is -1.05. The van der Waals surface area contributed by atoms with Crippen LogP contribution in [0.5, 0.6) is 0 Å². The Balaban J connectivity index is 2.88. The van der Waals surface area contributed by atoms with E-state index in [-0.39, 0.29) is 15.8 Å². The second-order valence-electron chi connectivity index (χ2n) is 4.73. The van der Waals surface area contributed by atoms with E-state index in [1.165, 1.54) is 24.3 Å². The molecule has 9 heteroatoms. The third kappa shape index (κ3) is 5.01. The average Bonchev–Trinajstić information content (AvgIpc) is 2.50. The lowest BCUT2D eigenvalue weighted by Gasteiger charge is -2.23. The number of amides is 1. The van der Waals surface area contributed by atoms with Crippen molar-refractivity contribution in [2.45, 2.75) is 23.1 Å². The van der Waals surface area contributed by atoms with Crippen molar-refractivity contribution in [1.29, 1.82) is 0 Å². The molecule has 0 bridgehead atoms. The molecule has 1 aromatic carbocycles. The zero-order valence-corrected chi connectivity index (χ0v) is 14.1. The Kier molecular flexibility index (Phi) is 6.92. The van der Waals surface area contributed by atoms with Gasteiger partial charge in [-0.15, -0.1) is 0 Å². The first-order valence-electron chi connectivity index (χ1n) is 6.29.